The fourth-order valence-corrected chi connectivity index (χ4v) is 3.14. The largest absolute Gasteiger partial charge is 0.311 e. The lowest BCUT2D eigenvalue weighted by Gasteiger charge is -2.21. The summed E-state index contributed by atoms with van der Waals surface area (Å²) in [4.78, 5) is 2.64. The van der Waals surface area contributed by atoms with Crippen molar-refractivity contribution in [3.63, 3.8) is 0 Å². The van der Waals surface area contributed by atoms with E-state index in [9.17, 15) is 0 Å². The van der Waals surface area contributed by atoms with E-state index in [2.05, 4.69) is 54.4 Å². The Morgan fingerprint density at radius 3 is 2.70 bits per heavy atom. The molecule has 0 saturated carbocycles. The van der Waals surface area contributed by atoms with Crippen LogP contribution in [0.3, 0.4) is 0 Å². The van der Waals surface area contributed by atoms with Crippen LogP contribution in [0.15, 0.2) is 30.3 Å². The van der Waals surface area contributed by atoms with Gasteiger partial charge in [-0.15, -0.1) is 0 Å². The third-order valence-corrected chi connectivity index (χ3v) is 4.58. The molecule has 1 aromatic carbocycles. The molecule has 1 N–H and O–H groups in total. The highest BCUT2D eigenvalue weighted by molar-refractivity contribution is 5.14. The van der Waals surface area contributed by atoms with Crippen LogP contribution in [0.25, 0.3) is 0 Å². The van der Waals surface area contributed by atoms with Crippen LogP contribution in [-0.2, 0) is 6.54 Å². The molecule has 2 nitrogen and oxygen atoms in total. The van der Waals surface area contributed by atoms with Crippen LogP contribution in [0.4, 0.5) is 0 Å². The van der Waals surface area contributed by atoms with Crippen LogP contribution in [-0.4, -0.2) is 31.1 Å². The highest BCUT2D eigenvalue weighted by Crippen LogP contribution is 2.24. The number of nitrogens with one attached hydrogen (secondary N) is 1. The predicted octanol–water partition coefficient (Wildman–Crippen LogP) is 3.53. The lowest BCUT2D eigenvalue weighted by molar-refractivity contribution is 0.271. The molecule has 1 heterocycles. The monoisotopic (exact) mass is 274 g/mol. The van der Waals surface area contributed by atoms with E-state index in [0.717, 1.165) is 24.9 Å². The highest BCUT2D eigenvalue weighted by atomic mass is 15.1. The number of hydrogen-bond donors (Lipinski definition) is 1. The third kappa shape index (κ3) is 5.26. The maximum Gasteiger partial charge on any atom is 0.0206 e. The molecule has 2 rings (SSSR count). The van der Waals surface area contributed by atoms with E-state index in [4.69, 9.17) is 0 Å². The standard InChI is InChI=1S/C18H30N2/c1-16(2)18-9-6-12-20(13-10-18)14-11-19-15-17-7-4-3-5-8-17/h3-5,7-8,16,18-19H,6,9-15H2,1-2H3. The SMILES string of the molecule is CC(C)C1CCCN(CCNCc2ccccc2)CC1. The van der Waals surface area contributed by atoms with E-state index < -0.39 is 0 Å². The van der Waals surface area contributed by atoms with Crippen molar-refractivity contribution in [1.29, 1.82) is 0 Å². The van der Waals surface area contributed by atoms with Gasteiger partial charge in [-0.25, -0.2) is 0 Å². The zero-order valence-electron chi connectivity index (χ0n) is 13.1. The summed E-state index contributed by atoms with van der Waals surface area (Å²) in [7, 11) is 0. The molecule has 0 amide bonds. The lowest BCUT2D eigenvalue weighted by Crippen LogP contribution is -2.32. The molecule has 112 valence electrons. The Morgan fingerprint density at radius 2 is 1.95 bits per heavy atom. The summed E-state index contributed by atoms with van der Waals surface area (Å²) in [6, 6.07) is 10.7. The maximum absolute atomic E-state index is 3.56. The molecule has 1 unspecified atom stereocenters. The smallest absolute Gasteiger partial charge is 0.0206 e. The second kappa shape index (κ2) is 8.43. The average molecular weight is 274 g/mol. The third-order valence-electron chi connectivity index (χ3n) is 4.58. The van der Waals surface area contributed by atoms with Gasteiger partial charge in [0.2, 0.25) is 0 Å². The Bertz CT molecular complexity index is 361. The summed E-state index contributed by atoms with van der Waals surface area (Å²) in [5, 5.41) is 3.56. The van der Waals surface area contributed by atoms with Crippen molar-refractivity contribution in [2.75, 3.05) is 26.2 Å². The molecule has 1 saturated heterocycles. The van der Waals surface area contributed by atoms with E-state index in [1.807, 2.05) is 0 Å². The summed E-state index contributed by atoms with van der Waals surface area (Å²) < 4.78 is 0. The molecule has 2 heteroatoms. The second-order valence-corrected chi connectivity index (χ2v) is 6.44. The van der Waals surface area contributed by atoms with Crippen molar-refractivity contribution in [3.05, 3.63) is 35.9 Å². The summed E-state index contributed by atoms with van der Waals surface area (Å²) in [5.41, 5.74) is 1.38. The van der Waals surface area contributed by atoms with Gasteiger partial charge in [-0.2, -0.15) is 0 Å². The minimum absolute atomic E-state index is 0.853. The van der Waals surface area contributed by atoms with Gasteiger partial charge in [0, 0.05) is 19.6 Å². The first-order valence-electron chi connectivity index (χ1n) is 8.22. The molecule has 1 aliphatic rings. The number of likely N-dealkylation sites (tertiary alicyclic amines) is 1. The molecule has 0 radical (unpaired) electrons. The lowest BCUT2D eigenvalue weighted by atomic mass is 9.89. The molecule has 1 aliphatic heterocycles. The van der Waals surface area contributed by atoms with E-state index in [1.165, 1.54) is 44.5 Å². The van der Waals surface area contributed by atoms with Crippen molar-refractivity contribution in [3.8, 4) is 0 Å². The van der Waals surface area contributed by atoms with Crippen molar-refractivity contribution in [2.45, 2.75) is 39.7 Å². The Morgan fingerprint density at radius 1 is 1.15 bits per heavy atom. The van der Waals surface area contributed by atoms with Gasteiger partial charge < -0.3 is 10.2 Å². The van der Waals surface area contributed by atoms with E-state index >= 15 is 0 Å². The Kier molecular flexibility index (Phi) is 6.55. The fraction of sp³-hybridized carbons (Fsp3) is 0.667. The van der Waals surface area contributed by atoms with E-state index in [0.29, 0.717) is 0 Å². The van der Waals surface area contributed by atoms with Crippen LogP contribution in [0.5, 0.6) is 0 Å². The molecule has 1 aromatic rings. The molecular weight excluding hydrogens is 244 g/mol. The van der Waals surface area contributed by atoms with Crippen LogP contribution >= 0.6 is 0 Å². The first kappa shape index (κ1) is 15.5. The van der Waals surface area contributed by atoms with Gasteiger partial charge in [-0.1, -0.05) is 44.2 Å². The molecular formula is C18H30N2. The summed E-state index contributed by atoms with van der Waals surface area (Å²) >= 11 is 0. The van der Waals surface area contributed by atoms with Gasteiger partial charge in [-0.05, 0) is 49.8 Å². The molecule has 1 fully saturated rings. The van der Waals surface area contributed by atoms with Crippen LogP contribution in [0.1, 0.15) is 38.7 Å². The Balaban J connectivity index is 1.62. The first-order chi connectivity index (χ1) is 9.75. The normalized spacial score (nSPS) is 21.1. The molecule has 0 aromatic heterocycles. The van der Waals surface area contributed by atoms with Gasteiger partial charge in [0.25, 0.3) is 0 Å². The van der Waals surface area contributed by atoms with Crippen molar-refractivity contribution >= 4 is 0 Å². The van der Waals surface area contributed by atoms with Gasteiger partial charge in [0.1, 0.15) is 0 Å². The van der Waals surface area contributed by atoms with E-state index in [-0.39, 0.29) is 0 Å². The number of benzene rings is 1. The van der Waals surface area contributed by atoms with Crippen LogP contribution in [0.2, 0.25) is 0 Å². The molecule has 0 spiro atoms. The average Bonchev–Trinajstić information content (AvgIpc) is 2.70. The van der Waals surface area contributed by atoms with Crippen molar-refractivity contribution in [2.24, 2.45) is 11.8 Å². The summed E-state index contributed by atoms with van der Waals surface area (Å²) in [6.07, 6.45) is 4.18. The molecule has 1 atom stereocenters. The predicted molar refractivity (Wildman–Crippen MR) is 86.8 cm³/mol. The second-order valence-electron chi connectivity index (χ2n) is 6.44. The van der Waals surface area contributed by atoms with Gasteiger partial charge in [-0.3, -0.25) is 0 Å². The number of hydrogen-bond acceptors (Lipinski definition) is 2. The van der Waals surface area contributed by atoms with Gasteiger partial charge >= 0.3 is 0 Å². The van der Waals surface area contributed by atoms with Crippen LogP contribution < -0.4 is 5.32 Å². The zero-order chi connectivity index (χ0) is 14.2. The first-order valence-corrected chi connectivity index (χ1v) is 8.22. The Labute approximate surface area is 124 Å². The fourth-order valence-electron chi connectivity index (χ4n) is 3.14. The minimum Gasteiger partial charge on any atom is -0.311 e. The molecule has 0 bridgehead atoms. The number of nitrogens with zero attached hydrogens (tertiary/aromatic N) is 1. The van der Waals surface area contributed by atoms with Crippen molar-refractivity contribution in [1.82, 2.24) is 10.2 Å². The summed E-state index contributed by atoms with van der Waals surface area (Å²) in [6.45, 7) is 10.6. The Hall–Kier alpha value is -0.860. The van der Waals surface area contributed by atoms with E-state index in [1.54, 1.807) is 0 Å². The molecule has 20 heavy (non-hydrogen) atoms. The zero-order valence-corrected chi connectivity index (χ0v) is 13.1. The highest BCUT2D eigenvalue weighted by Gasteiger charge is 2.18. The topological polar surface area (TPSA) is 15.3 Å². The number of rotatable bonds is 6. The van der Waals surface area contributed by atoms with Gasteiger partial charge in [0.15, 0.2) is 0 Å². The van der Waals surface area contributed by atoms with Crippen molar-refractivity contribution < 1.29 is 0 Å². The quantitative estimate of drug-likeness (QED) is 0.798. The molecule has 0 aliphatic carbocycles. The van der Waals surface area contributed by atoms with Crippen LogP contribution in [0, 0.1) is 11.8 Å². The summed E-state index contributed by atoms with van der Waals surface area (Å²) in [5.74, 6) is 1.79. The minimum atomic E-state index is 0.853. The maximum atomic E-state index is 3.56. The van der Waals surface area contributed by atoms with Gasteiger partial charge in [0.05, 0.1) is 0 Å².